The molecule has 3 rings (SSSR count). The first-order valence-corrected chi connectivity index (χ1v) is 7.93. The maximum absolute atomic E-state index is 6.29. The van der Waals surface area contributed by atoms with Gasteiger partial charge < -0.3 is 5.32 Å². The number of hydrogen-bond donors (Lipinski definition) is 1. The summed E-state index contributed by atoms with van der Waals surface area (Å²) in [5.74, 6) is 0. The van der Waals surface area contributed by atoms with Gasteiger partial charge in [0, 0.05) is 32.2 Å². The Balaban J connectivity index is 1.70. The van der Waals surface area contributed by atoms with Crippen molar-refractivity contribution >= 4 is 23.2 Å². The summed E-state index contributed by atoms with van der Waals surface area (Å²) in [7, 11) is 0. The average Bonchev–Trinajstić information content (AvgIpc) is 2.53. The Morgan fingerprint density at radius 3 is 2.67 bits per heavy atom. The molecule has 0 aliphatic carbocycles. The molecule has 1 fully saturated rings. The maximum Gasteiger partial charge on any atom is 0.0637 e. The second-order valence-electron chi connectivity index (χ2n) is 5.37. The van der Waals surface area contributed by atoms with E-state index in [0.717, 1.165) is 31.7 Å². The quantitative estimate of drug-likeness (QED) is 0.914. The number of nitrogens with one attached hydrogen (secondary N) is 1. The van der Waals surface area contributed by atoms with E-state index in [-0.39, 0.29) is 0 Å². The van der Waals surface area contributed by atoms with Crippen molar-refractivity contribution in [1.82, 2.24) is 10.2 Å². The van der Waals surface area contributed by atoms with Crippen molar-refractivity contribution < 1.29 is 0 Å². The van der Waals surface area contributed by atoms with Crippen molar-refractivity contribution in [2.75, 3.05) is 19.6 Å². The predicted octanol–water partition coefficient (Wildman–Crippen LogP) is 4.14. The van der Waals surface area contributed by atoms with Crippen LogP contribution in [0.5, 0.6) is 0 Å². The third-order valence-electron chi connectivity index (χ3n) is 3.89. The molecule has 2 aromatic carbocycles. The second-order valence-corrected chi connectivity index (χ2v) is 6.15. The van der Waals surface area contributed by atoms with Crippen LogP contribution < -0.4 is 5.32 Å². The lowest BCUT2D eigenvalue weighted by Gasteiger charge is -2.34. The van der Waals surface area contributed by atoms with Crippen molar-refractivity contribution in [2.45, 2.75) is 12.6 Å². The van der Waals surface area contributed by atoms with Crippen LogP contribution in [-0.4, -0.2) is 24.5 Å². The van der Waals surface area contributed by atoms with Crippen LogP contribution in [0.4, 0.5) is 0 Å². The summed E-state index contributed by atoms with van der Waals surface area (Å²) in [5.41, 5.74) is 2.43. The summed E-state index contributed by atoms with van der Waals surface area (Å²) in [6.45, 7) is 3.82. The molecule has 1 saturated heterocycles. The van der Waals surface area contributed by atoms with Crippen molar-refractivity contribution in [3.8, 4) is 0 Å². The highest BCUT2D eigenvalue weighted by atomic mass is 35.5. The Morgan fingerprint density at radius 1 is 1.05 bits per heavy atom. The van der Waals surface area contributed by atoms with Gasteiger partial charge in [-0.1, -0.05) is 65.7 Å². The molecule has 110 valence electrons. The minimum absolute atomic E-state index is 0.373. The highest BCUT2D eigenvalue weighted by Gasteiger charge is 2.21. The van der Waals surface area contributed by atoms with Gasteiger partial charge in [-0.3, -0.25) is 4.90 Å². The lowest BCUT2D eigenvalue weighted by molar-refractivity contribution is 0.193. The molecular weight excluding hydrogens is 303 g/mol. The molecule has 0 aromatic heterocycles. The lowest BCUT2D eigenvalue weighted by atomic mass is 10.0. The van der Waals surface area contributed by atoms with Gasteiger partial charge in [0.15, 0.2) is 0 Å². The summed E-state index contributed by atoms with van der Waals surface area (Å²) in [4.78, 5) is 2.42. The van der Waals surface area contributed by atoms with Crippen molar-refractivity contribution in [3.05, 3.63) is 69.7 Å². The van der Waals surface area contributed by atoms with E-state index in [9.17, 15) is 0 Å². The van der Waals surface area contributed by atoms with Gasteiger partial charge in [0.2, 0.25) is 0 Å². The van der Waals surface area contributed by atoms with Gasteiger partial charge >= 0.3 is 0 Å². The Hall–Kier alpha value is -1.06. The molecule has 0 bridgehead atoms. The molecule has 2 aromatic rings. The molecule has 0 saturated carbocycles. The van der Waals surface area contributed by atoms with Crippen LogP contribution in [-0.2, 0) is 6.54 Å². The Morgan fingerprint density at radius 2 is 1.86 bits per heavy atom. The molecule has 1 unspecified atom stereocenters. The number of rotatable bonds is 3. The van der Waals surface area contributed by atoms with Gasteiger partial charge in [-0.25, -0.2) is 0 Å². The Bertz CT molecular complexity index is 601. The minimum atomic E-state index is 0.373. The number of piperazine rings is 1. The summed E-state index contributed by atoms with van der Waals surface area (Å²) in [6.07, 6.45) is 0. The van der Waals surface area contributed by atoms with Crippen molar-refractivity contribution in [3.63, 3.8) is 0 Å². The van der Waals surface area contributed by atoms with Gasteiger partial charge in [-0.15, -0.1) is 0 Å². The first-order valence-electron chi connectivity index (χ1n) is 7.17. The highest BCUT2D eigenvalue weighted by molar-refractivity contribution is 6.42. The van der Waals surface area contributed by atoms with Crippen LogP contribution in [0.2, 0.25) is 10.0 Å². The average molecular weight is 321 g/mol. The van der Waals surface area contributed by atoms with E-state index in [1.807, 2.05) is 18.2 Å². The zero-order valence-corrected chi connectivity index (χ0v) is 13.2. The van der Waals surface area contributed by atoms with E-state index in [0.29, 0.717) is 16.1 Å². The molecule has 2 nitrogen and oxygen atoms in total. The predicted molar refractivity (Wildman–Crippen MR) is 88.9 cm³/mol. The Kier molecular flexibility index (Phi) is 4.81. The molecule has 0 radical (unpaired) electrons. The van der Waals surface area contributed by atoms with Crippen molar-refractivity contribution in [2.24, 2.45) is 0 Å². The van der Waals surface area contributed by atoms with Gasteiger partial charge in [0.25, 0.3) is 0 Å². The van der Waals surface area contributed by atoms with E-state index >= 15 is 0 Å². The maximum atomic E-state index is 6.29. The molecule has 1 aliphatic rings. The van der Waals surface area contributed by atoms with Gasteiger partial charge in [0.05, 0.1) is 10.0 Å². The van der Waals surface area contributed by atoms with E-state index in [2.05, 4.69) is 40.5 Å². The van der Waals surface area contributed by atoms with E-state index in [4.69, 9.17) is 23.2 Å². The highest BCUT2D eigenvalue weighted by Crippen LogP contribution is 2.27. The molecule has 21 heavy (non-hydrogen) atoms. The Labute approximate surface area is 135 Å². The fourth-order valence-corrected chi connectivity index (χ4v) is 3.15. The second kappa shape index (κ2) is 6.80. The van der Waals surface area contributed by atoms with Crippen LogP contribution >= 0.6 is 23.2 Å². The third-order valence-corrected chi connectivity index (χ3v) is 4.75. The molecular formula is C17H18Cl2N2. The standard InChI is InChI=1S/C17H18Cl2N2/c18-15-8-4-7-14(17(15)19)11-21-10-9-20-16(12-21)13-5-2-1-3-6-13/h1-8,16,20H,9-12H2. The van der Waals surface area contributed by atoms with E-state index in [1.165, 1.54) is 5.56 Å². The first kappa shape index (κ1) is 14.9. The third kappa shape index (κ3) is 3.58. The van der Waals surface area contributed by atoms with E-state index in [1.54, 1.807) is 0 Å². The summed E-state index contributed by atoms with van der Waals surface area (Å²) < 4.78 is 0. The fourth-order valence-electron chi connectivity index (χ4n) is 2.77. The zero-order valence-electron chi connectivity index (χ0n) is 11.7. The molecule has 1 aliphatic heterocycles. The van der Waals surface area contributed by atoms with Gasteiger partial charge in [0.1, 0.15) is 0 Å². The normalized spacial score (nSPS) is 19.6. The van der Waals surface area contributed by atoms with Crippen LogP contribution in [0.25, 0.3) is 0 Å². The van der Waals surface area contributed by atoms with E-state index < -0.39 is 0 Å². The van der Waals surface area contributed by atoms with Gasteiger partial charge in [-0.05, 0) is 17.2 Å². The molecule has 1 atom stereocenters. The number of halogens is 2. The smallest absolute Gasteiger partial charge is 0.0637 e. The SMILES string of the molecule is Clc1cccc(CN2CCNC(c3ccccc3)C2)c1Cl. The van der Waals surface area contributed by atoms with Crippen LogP contribution in [0, 0.1) is 0 Å². The zero-order chi connectivity index (χ0) is 14.7. The first-order chi connectivity index (χ1) is 10.2. The molecule has 4 heteroatoms. The molecule has 0 amide bonds. The number of hydrogen-bond acceptors (Lipinski definition) is 2. The summed E-state index contributed by atoms with van der Waals surface area (Å²) in [5, 5.41) is 4.88. The van der Waals surface area contributed by atoms with Crippen LogP contribution in [0.15, 0.2) is 48.5 Å². The van der Waals surface area contributed by atoms with Crippen molar-refractivity contribution in [1.29, 1.82) is 0 Å². The van der Waals surface area contributed by atoms with Crippen LogP contribution in [0.1, 0.15) is 17.2 Å². The topological polar surface area (TPSA) is 15.3 Å². The molecule has 0 spiro atoms. The van der Waals surface area contributed by atoms with Crippen LogP contribution in [0.3, 0.4) is 0 Å². The number of nitrogens with zero attached hydrogens (tertiary/aromatic N) is 1. The van der Waals surface area contributed by atoms with Gasteiger partial charge in [-0.2, -0.15) is 0 Å². The fraction of sp³-hybridized carbons (Fsp3) is 0.294. The largest absolute Gasteiger partial charge is 0.308 e. The summed E-state index contributed by atoms with van der Waals surface area (Å²) >= 11 is 12.4. The summed E-state index contributed by atoms with van der Waals surface area (Å²) in [6, 6.07) is 16.8. The number of benzene rings is 2. The molecule has 1 heterocycles. The monoisotopic (exact) mass is 320 g/mol. The molecule has 1 N–H and O–H groups in total. The minimum Gasteiger partial charge on any atom is -0.308 e. The lowest BCUT2D eigenvalue weighted by Crippen LogP contribution is -2.45.